The Morgan fingerprint density at radius 2 is 1.12 bits per heavy atom. The van der Waals surface area contributed by atoms with Gasteiger partial charge in [-0.25, -0.2) is 10.1 Å². The van der Waals surface area contributed by atoms with Crippen LogP contribution < -0.4 is 0 Å². The van der Waals surface area contributed by atoms with E-state index in [1.54, 1.807) is 0 Å². The molecule has 0 fully saturated rings. The molecule has 6 nitrogen and oxygen atoms in total. The van der Waals surface area contributed by atoms with Crippen molar-refractivity contribution in [3.63, 3.8) is 0 Å². The van der Waals surface area contributed by atoms with Crippen LogP contribution in [0.25, 0.3) is 0 Å². The van der Waals surface area contributed by atoms with Gasteiger partial charge in [-0.05, 0) is 12.8 Å². The highest BCUT2D eigenvalue weighted by Crippen LogP contribution is 2.02. The van der Waals surface area contributed by atoms with Crippen molar-refractivity contribution in [1.82, 2.24) is 10.1 Å². The van der Waals surface area contributed by atoms with Gasteiger partial charge in [0.15, 0.2) is 0 Å². The minimum Gasteiger partial charge on any atom is -0.286 e. The summed E-state index contributed by atoms with van der Waals surface area (Å²) in [6.45, 7) is 3.25. The fourth-order valence-electron chi connectivity index (χ4n) is 1.19. The largest absolute Gasteiger partial charge is 0.286 e. The molecule has 2 amide bonds. The molecule has 0 radical (unpaired) electrons. The van der Waals surface area contributed by atoms with E-state index in [4.69, 9.17) is 10.4 Å². The van der Waals surface area contributed by atoms with Gasteiger partial charge in [0.25, 0.3) is 0 Å². The highest BCUT2D eigenvalue weighted by molar-refractivity contribution is 5.72. The van der Waals surface area contributed by atoms with E-state index >= 15 is 0 Å². The number of hydroxylamine groups is 4. The van der Waals surface area contributed by atoms with Crippen molar-refractivity contribution in [3.8, 4) is 0 Å². The van der Waals surface area contributed by atoms with Crippen molar-refractivity contribution in [2.24, 2.45) is 0 Å². The van der Waals surface area contributed by atoms with E-state index < -0.39 is 0 Å². The molecule has 0 aliphatic heterocycles. The predicted molar refractivity (Wildman–Crippen MR) is 56.8 cm³/mol. The molecule has 0 heterocycles. The van der Waals surface area contributed by atoms with Gasteiger partial charge in [0.1, 0.15) is 0 Å². The third-order valence-electron chi connectivity index (χ3n) is 2.22. The van der Waals surface area contributed by atoms with Crippen molar-refractivity contribution < 1.29 is 20.0 Å². The summed E-state index contributed by atoms with van der Waals surface area (Å²) in [6.07, 6.45) is 3.11. The van der Waals surface area contributed by atoms with Crippen molar-refractivity contribution in [1.29, 1.82) is 0 Å². The molecule has 0 unspecified atom stereocenters. The highest BCUT2D eigenvalue weighted by atomic mass is 16.5. The summed E-state index contributed by atoms with van der Waals surface area (Å²) >= 11 is 0. The fourth-order valence-corrected chi connectivity index (χ4v) is 1.19. The first kappa shape index (κ1) is 14.9. The normalized spacial score (nSPS) is 10.0. The fraction of sp³-hybridized carbons (Fsp3) is 0.800. The molecule has 0 aromatic carbocycles. The predicted octanol–water partition coefficient (Wildman–Crippen LogP) is 1.02. The van der Waals surface area contributed by atoms with E-state index in [1.165, 1.54) is 13.8 Å². The van der Waals surface area contributed by atoms with Crippen LogP contribution in [-0.4, -0.2) is 45.4 Å². The van der Waals surface area contributed by atoms with Crippen LogP contribution in [-0.2, 0) is 9.59 Å². The zero-order valence-electron chi connectivity index (χ0n) is 9.85. The third-order valence-corrected chi connectivity index (χ3v) is 2.22. The Bertz CT molecular complexity index is 209. The van der Waals surface area contributed by atoms with Gasteiger partial charge in [0.05, 0.1) is 0 Å². The topological polar surface area (TPSA) is 81.1 Å². The van der Waals surface area contributed by atoms with Crippen LogP contribution in [0.15, 0.2) is 0 Å². The molecule has 0 aromatic rings. The van der Waals surface area contributed by atoms with Crippen LogP contribution in [0.1, 0.15) is 39.5 Å². The Kier molecular flexibility index (Phi) is 7.49. The van der Waals surface area contributed by atoms with Crippen molar-refractivity contribution in [2.45, 2.75) is 39.5 Å². The zero-order valence-corrected chi connectivity index (χ0v) is 9.85. The smallest absolute Gasteiger partial charge is 0.242 e. The second-order valence-electron chi connectivity index (χ2n) is 3.70. The minimum absolute atomic E-state index is 0.324. The summed E-state index contributed by atoms with van der Waals surface area (Å²) in [7, 11) is 0. The summed E-state index contributed by atoms with van der Waals surface area (Å²) in [4.78, 5) is 21.3. The molecular weight excluding hydrogens is 212 g/mol. The summed E-state index contributed by atoms with van der Waals surface area (Å²) in [5.74, 6) is -0.726. The van der Waals surface area contributed by atoms with Crippen LogP contribution in [0, 0.1) is 0 Å². The molecule has 0 bridgehead atoms. The quantitative estimate of drug-likeness (QED) is 0.390. The molecule has 0 atom stereocenters. The molecule has 0 aromatic heterocycles. The van der Waals surface area contributed by atoms with E-state index in [2.05, 4.69) is 0 Å². The van der Waals surface area contributed by atoms with Crippen LogP contribution in [0.2, 0.25) is 0 Å². The van der Waals surface area contributed by atoms with Crippen LogP contribution in [0.5, 0.6) is 0 Å². The maximum atomic E-state index is 10.6. The molecule has 0 spiro atoms. The highest BCUT2D eigenvalue weighted by Gasteiger charge is 2.04. The Hall–Kier alpha value is -1.14. The molecule has 0 aliphatic carbocycles. The van der Waals surface area contributed by atoms with E-state index in [1.807, 2.05) is 0 Å². The Labute approximate surface area is 95.4 Å². The first-order valence-electron chi connectivity index (χ1n) is 5.39. The van der Waals surface area contributed by atoms with Gasteiger partial charge >= 0.3 is 0 Å². The average molecular weight is 232 g/mol. The molecule has 94 valence electrons. The van der Waals surface area contributed by atoms with Gasteiger partial charge in [0.2, 0.25) is 11.8 Å². The molecular formula is C10H20N2O4. The molecule has 0 rings (SSSR count). The molecule has 0 aliphatic rings. The number of hydrogen-bond acceptors (Lipinski definition) is 4. The van der Waals surface area contributed by atoms with Gasteiger partial charge in [0, 0.05) is 26.9 Å². The lowest BCUT2D eigenvalue weighted by Gasteiger charge is -2.13. The summed E-state index contributed by atoms with van der Waals surface area (Å²) in [6, 6.07) is 0. The number of nitrogens with zero attached hydrogens (tertiary/aromatic N) is 2. The van der Waals surface area contributed by atoms with Crippen molar-refractivity contribution in [3.05, 3.63) is 0 Å². The van der Waals surface area contributed by atoms with Crippen LogP contribution in [0.4, 0.5) is 0 Å². The van der Waals surface area contributed by atoms with E-state index in [9.17, 15) is 9.59 Å². The van der Waals surface area contributed by atoms with Crippen molar-refractivity contribution in [2.75, 3.05) is 13.1 Å². The number of carbonyl (C=O) groups is 2. The number of unbranched alkanes of at least 4 members (excludes halogenated alkanes) is 3. The minimum atomic E-state index is -0.363. The van der Waals surface area contributed by atoms with E-state index in [-0.39, 0.29) is 11.8 Å². The number of carbonyl (C=O) groups excluding carboxylic acids is 2. The lowest BCUT2D eigenvalue weighted by atomic mass is 10.2. The second kappa shape index (κ2) is 8.06. The average Bonchev–Trinajstić information content (AvgIpc) is 2.21. The standard InChI is InChI=1S/C10H20N2O4/c1-9(13)11(15)7-5-3-4-6-8-12(16)10(2)14/h15-16H,3-8H2,1-2H3. The molecule has 16 heavy (non-hydrogen) atoms. The lowest BCUT2D eigenvalue weighted by molar-refractivity contribution is -0.163. The summed E-state index contributed by atoms with van der Waals surface area (Å²) < 4.78 is 0. The second-order valence-corrected chi connectivity index (χ2v) is 3.70. The summed E-state index contributed by atoms with van der Waals surface area (Å²) in [5, 5.41) is 19.4. The monoisotopic (exact) mass is 232 g/mol. The number of amides is 2. The van der Waals surface area contributed by atoms with E-state index in [0.29, 0.717) is 36.1 Å². The van der Waals surface area contributed by atoms with Crippen LogP contribution in [0.3, 0.4) is 0 Å². The van der Waals surface area contributed by atoms with E-state index in [0.717, 1.165) is 12.8 Å². The van der Waals surface area contributed by atoms with Gasteiger partial charge in [-0.15, -0.1) is 0 Å². The first-order valence-corrected chi connectivity index (χ1v) is 5.39. The van der Waals surface area contributed by atoms with Crippen molar-refractivity contribution >= 4 is 11.8 Å². The Balaban J connectivity index is 3.34. The maximum absolute atomic E-state index is 10.6. The van der Waals surface area contributed by atoms with Gasteiger partial charge in [-0.1, -0.05) is 12.8 Å². The van der Waals surface area contributed by atoms with Crippen LogP contribution >= 0.6 is 0 Å². The molecule has 0 saturated carbocycles. The lowest BCUT2D eigenvalue weighted by Crippen LogP contribution is -2.26. The molecule has 0 saturated heterocycles. The van der Waals surface area contributed by atoms with Gasteiger partial charge in [-0.2, -0.15) is 0 Å². The SMILES string of the molecule is CC(=O)N(O)CCCCCCN(O)C(C)=O. The maximum Gasteiger partial charge on any atom is 0.242 e. The van der Waals surface area contributed by atoms with Gasteiger partial charge < -0.3 is 0 Å². The Morgan fingerprint density at radius 1 is 0.812 bits per heavy atom. The first-order chi connectivity index (χ1) is 7.45. The third kappa shape index (κ3) is 7.19. The zero-order chi connectivity index (χ0) is 12.6. The number of hydrogen-bond donors (Lipinski definition) is 2. The van der Waals surface area contributed by atoms with Gasteiger partial charge in [-0.3, -0.25) is 20.0 Å². The Morgan fingerprint density at radius 3 is 1.38 bits per heavy atom. The summed E-state index contributed by atoms with van der Waals surface area (Å²) in [5.41, 5.74) is 0. The number of rotatable bonds is 7. The molecule has 6 heteroatoms. The molecule has 2 N–H and O–H groups in total.